The number of carbonyl (C=O) groups is 2. The summed E-state index contributed by atoms with van der Waals surface area (Å²) in [4.78, 5) is 24.4. The fraction of sp³-hybridized carbons (Fsp3) is 0.120. The first-order valence-corrected chi connectivity index (χ1v) is 10.0. The minimum absolute atomic E-state index is 0.223. The number of hydrogen-bond donors (Lipinski definition) is 1. The van der Waals surface area contributed by atoms with Gasteiger partial charge >= 0.3 is 5.97 Å². The third-order valence-corrected chi connectivity index (χ3v) is 4.46. The molecule has 0 radical (unpaired) electrons. The zero-order valence-corrected chi connectivity index (χ0v) is 18.5. The molecule has 172 valence electrons. The predicted octanol–water partition coefficient (Wildman–Crippen LogP) is 3.32. The highest BCUT2D eigenvalue weighted by Crippen LogP contribution is 2.28. The van der Waals surface area contributed by atoms with E-state index in [2.05, 4.69) is 10.5 Å². The number of amides is 1. The number of hydrazone groups is 1. The van der Waals surface area contributed by atoms with Crippen LogP contribution in [0.5, 0.6) is 23.0 Å². The average Bonchev–Trinajstić information content (AvgIpc) is 2.88. The summed E-state index contributed by atoms with van der Waals surface area (Å²) in [5, 5.41) is 12.9. The van der Waals surface area contributed by atoms with Gasteiger partial charge in [-0.15, -0.1) is 0 Å². The van der Waals surface area contributed by atoms with Gasteiger partial charge in [-0.25, -0.2) is 10.2 Å². The van der Waals surface area contributed by atoms with E-state index in [1.807, 2.05) is 6.07 Å². The molecule has 0 saturated heterocycles. The smallest absolute Gasteiger partial charge is 0.343 e. The molecule has 0 saturated carbocycles. The van der Waals surface area contributed by atoms with Gasteiger partial charge in [-0.1, -0.05) is 18.2 Å². The molecule has 34 heavy (non-hydrogen) atoms. The molecule has 0 heterocycles. The largest absolute Gasteiger partial charge is 0.497 e. The molecule has 3 aromatic rings. The zero-order valence-electron chi connectivity index (χ0n) is 18.5. The van der Waals surface area contributed by atoms with Gasteiger partial charge in [-0.2, -0.15) is 10.4 Å². The van der Waals surface area contributed by atoms with Gasteiger partial charge in [0.25, 0.3) is 5.91 Å². The normalized spacial score (nSPS) is 10.3. The second kappa shape index (κ2) is 11.7. The molecule has 0 aliphatic heterocycles. The fourth-order valence-electron chi connectivity index (χ4n) is 2.80. The third-order valence-electron chi connectivity index (χ3n) is 4.46. The Balaban J connectivity index is 1.58. The third kappa shape index (κ3) is 6.34. The fourth-order valence-corrected chi connectivity index (χ4v) is 2.80. The Hall–Kier alpha value is -4.84. The van der Waals surface area contributed by atoms with E-state index in [4.69, 9.17) is 24.2 Å². The molecule has 9 nitrogen and oxygen atoms in total. The summed E-state index contributed by atoms with van der Waals surface area (Å²) >= 11 is 0. The number of nitrogens with zero attached hydrogens (tertiary/aromatic N) is 2. The molecule has 0 atom stereocenters. The van der Waals surface area contributed by atoms with Gasteiger partial charge in [0.1, 0.15) is 17.6 Å². The molecule has 0 spiro atoms. The second-order valence-electron chi connectivity index (χ2n) is 6.72. The molecule has 0 aliphatic rings. The lowest BCUT2D eigenvalue weighted by Crippen LogP contribution is -2.24. The summed E-state index contributed by atoms with van der Waals surface area (Å²) in [7, 11) is 2.95. The summed E-state index contributed by atoms with van der Waals surface area (Å²) in [6.45, 7) is -0.307. The molecule has 0 aromatic heterocycles. The summed E-state index contributed by atoms with van der Waals surface area (Å²) in [6, 6.07) is 20.0. The van der Waals surface area contributed by atoms with Gasteiger partial charge in [0.15, 0.2) is 18.1 Å². The number of esters is 1. The Bertz CT molecular complexity index is 1250. The van der Waals surface area contributed by atoms with Crippen molar-refractivity contribution < 1.29 is 28.5 Å². The zero-order chi connectivity index (χ0) is 24.3. The lowest BCUT2D eigenvalue weighted by Gasteiger charge is -2.10. The van der Waals surface area contributed by atoms with Crippen molar-refractivity contribution in [2.24, 2.45) is 5.10 Å². The van der Waals surface area contributed by atoms with Crippen molar-refractivity contribution in [3.8, 4) is 29.1 Å². The molecule has 0 bridgehead atoms. The van der Waals surface area contributed by atoms with E-state index in [1.165, 1.54) is 20.4 Å². The number of para-hydroxylation sites is 1. The standard InChI is InChI=1S/C25H21N3O6/c1-31-20-8-5-7-18(13-20)25(30)34-22-11-10-17(12-23(22)32-2)15-27-28-24(29)16-33-21-9-4-3-6-19(21)14-26/h3-13,15H,16H2,1-2H3,(H,28,29)/b27-15-. The first-order chi connectivity index (χ1) is 16.5. The van der Waals surface area contributed by atoms with Crippen LogP contribution < -0.4 is 24.4 Å². The first kappa shape index (κ1) is 23.8. The van der Waals surface area contributed by atoms with Gasteiger partial charge in [0, 0.05) is 0 Å². The number of ether oxygens (including phenoxy) is 4. The van der Waals surface area contributed by atoms with Gasteiger partial charge < -0.3 is 18.9 Å². The maximum atomic E-state index is 12.4. The van der Waals surface area contributed by atoms with Crippen molar-refractivity contribution in [1.29, 1.82) is 5.26 Å². The molecular weight excluding hydrogens is 438 g/mol. The molecule has 3 rings (SSSR count). The van der Waals surface area contributed by atoms with Crippen LogP contribution in [0.25, 0.3) is 0 Å². The summed E-state index contributed by atoms with van der Waals surface area (Å²) in [6.07, 6.45) is 1.40. The van der Waals surface area contributed by atoms with Gasteiger partial charge in [-0.05, 0) is 54.1 Å². The maximum absolute atomic E-state index is 12.4. The summed E-state index contributed by atoms with van der Waals surface area (Å²) < 4.78 is 21.2. The van der Waals surface area contributed by atoms with Crippen molar-refractivity contribution in [1.82, 2.24) is 5.43 Å². The molecule has 0 unspecified atom stereocenters. The predicted molar refractivity (Wildman–Crippen MR) is 123 cm³/mol. The molecule has 3 aromatic carbocycles. The number of benzene rings is 3. The van der Waals surface area contributed by atoms with Crippen LogP contribution in [-0.4, -0.2) is 38.9 Å². The number of rotatable bonds is 9. The second-order valence-corrected chi connectivity index (χ2v) is 6.72. The van der Waals surface area contributed by atoms with Crippen molar-refractivity contribution in [3.05, 3.63) is 83.4 Å². The molecule has 1 N–H and O–H groups in total. The van der Waals surface area contributed by atoms with Crippen LogP contribution in [0.4, 0.5) is 0 Å². The van der Waals surface area contributed by atoms with Gasteiger partial charge in [-0.3, -0.25) is 4.79 Å². The Morgan fingerprint density at radius 3 is 2.56 bits per heavy atom. The van der Waals surface area contributed by atoms with E-state index < -0.39 is 11.9 Å². The van der Waals surface area contributed by atoms with Crippen LogP contribution in [0.15, 0.2) is 71.8 Å². The number of hydrogen-bond acceptors (Lipinski definition) is 8. The minimum atomic E-state index is -0.566. The van der Waals surface area contributed by atoms with Crippen LogP contribution in [0, 0.1) is 11.3 Å². The highest BCUT2D eigenvalue weighted by atomic mass is 16.6. The Morgan fingerprint density at radius 1 is 0.971 bits per heavy atom. The molecule has 9 heteroatoms. The van der Waals surface area contributed by atoms with Crippen molar-refractivity contribution in [2.75, 3.05) is 20.8 Å². The van der Waals surface area contributed by atoms with E-state index in [-0.39, 0.29) is 12.4 Å². The van der Waals surface area contributed by atoms with Crippen molar-refractivity contribution in [2.45, 2.75) is 0 Å². The SMILES string of the molecule is COc1cccc(C(=O)Oc2ccc(/C=N\NC(=O)COc3ccccc3C#N)cc2OC)c1. The average molecular weight is 459 g/mol. The van der Waals surface area contributed by atoms with Crippen molar-refractivity contribution in [3.63, 3.8) is 0 Å². The van der Waals surface area contributed by atoms with Crippen LogP contribution in [-0.2, 0) is 4.79 Å². The van der Waals surface area contributed by atoms with E-state index in [0.29, 0.717) is 33.9 Å². The van der Waals surface area contributed by atoms with E-state index >= 15 is 0 Å². The monoisotopic (exact) mass is 459 g/mol. The number of nitrogens with one attached hydrogen (secondary N) is 1. The van der Waals surface area contributed by atoms with Gasteiger partial charge in [0.2, 0.25) is 0 Å². The van der Waals surface area contributed by atoms with Crippen LogP contribution in [0.1, 0.15) is 21.5 Å². The van der Waals surface area contributed by atoms with E-state index in [9.17, 15) is 9.59 Å². The van der Waals surface area contributed by atoms with Gasteiger partial charge in [0.05, 0.1) is 31.6 Å². The van der Waals surface area contributed by atoms with E-state index in [1.54, 1.807) is 66.7 Å². The Labute approximate surface area is 196 Å². The molecule has 0 aliphatic carbocycles. The number of nitriles is 1. The summed E-state index contributed by atoms with van der Waals surface area (Å²) in [5.41, 5.74) is 3.59. The lowest BCUT2D eigenvalue weighted by molar-refractivity contribution is -0.123. The molecule has 0 fully saturated rings. The van der Waals surface area contributed by atoms with Crippen LogP contribution >= 0.6 is 0 Å². The molecular formula is C25H21N3O6. The lowest BCUT2D eigenvalue weighted by atomic mass is 10.2. The highest BCUT2D eigenvalue weighted by Gasteiger charge is 2.13. The Kier molecular flexibility index (Phi) is 8.19. The Morgan fingerprint density at radius 2 is 1.79 bits per heavy atom. The topological polar surface area (TPSA) is 119 Å². The maximum Gasteiger partial charge on any atom is 0.343 e. The summed E-state index contributed by atoms with van der Waals surface area (Å²) in [5.74, 6) is 0.315. The minimum Gasteiger partial charge on any atom is -0.497 e. The van der Waals surface area contributed by atoms with E-state index in [0.717, 1.165) is 0 Å². The highest BCUT2D eigenvalue weighted by molar-refractivity contribution is 5.92. The number of methoxy groups -OCH3 is 2. The first-order valence-electron chi connectivity index (χ1n) is 10.0. The quantitative estimate of drug-likeness (QED) is 0.226. The van der Waals surface area contributed by atoms with Crippen LogP contribution in [0.3, 0.4) is 0 Å². The molecule has 1 amide bonds. The number of carbonyl (C=O) groups excluding carboxylic acids is 2. The van der Waals surface area contributed by atoms with Crippen molar-refractivity contribution >= 4 is 18.1 Å². The van der Waals surface area contributed by atoms with Crippen LogP contribution in [0.2, 0.25) is 0 Å².